The zero-order valence-electron chi connectivity index (χ0n) is 14.0. The van der Waals surface area contributed by atoms with E-state index in [9.17, 15) is 0 Å². The van der Waals surface area contributed by atoms with Crippen LogP contribution in [0.2, 0.25) is 0 Å². The van der Waals surface area contributed by atoms with Crippen LogP contribution in [0.3, 0.4) is 0 Å². The molecule has 0 saturated carbocycles. The van der Waals surface area contributed by atoms with Crippen LogP contribution >= 0.6 is 0 Å². The highest BCUT2D eigenvalue weighted by molar-refractivity contribution is 5.83. The molecule has 3 N–H and O–H groups in total. The van der Waals surface area contributed by atoms with Crippen LogP contribution in [0.15, 0.2) is 66.7 Å². The zero-order chi connectivity index (χ0) is 16.8. The van der Waals surface area contributed by atoms with Crippen molar-refractivity contribution in [2.75, 3.05) is 13.7 Å². The molecule has 0 spiro atoms. The van der Waals surface area contributed by atoms with E-state index in [0.29, 0.717) is 6.54 Å². The van der Waals surface area contributed by atoms with E-state index < -0.39 is 0 Å². The van der Waals surface area contributed by atoms with E-state index >= 15 is 0 Å². The number of fused-ring (bicyclic) bond motifs is 1. The number of hydrogen-bond donors (Lipinski definition) is 2. The predicted molar refractivity (Wildman–Crippen MR) is 100 cm³/mol. The SMILES string of the molecule is COc1ccc(CNC(CN)Cc2ccc3ccccc3c2)cc1. The molecule has 0 amide bonds. The molecule has 1 unspecified atom stereocenters. The molecule has 3 heteroatoms. The second-order valence-electron chi connectivity index (χ2n) is 6.05. The third-order valence-electron chi connectivity index (χ3n) is 4.33. The smallest absolute Gasteiger partial charge is 0.118 e. The molecule has 0 saturated heterocycles. The van der Waals surface area contributed by atoms with E-state index in [0.717, 1.165) is 18.7 Å². The van der Waals surface area contributed by atoms with Crippen molar-refractivity contribution >= 4 is 10.8 Å². The summed E-state index contributed by atoms with van der Waals surface area (Å²) in [5, 5.41) is 6.11. The van der Waals surface area contributed by atoms with Gasteiger partial charge in [0.05, 0.1) is 7.11 Å². The van der Waals surface area contributed by atoms with E-state index in [-0.39, 0.29) is 6.04 Å². The number of ether oxygens (including phenoxy) is 1. The van der Waals surface area contributed by atoms with Crippen LogP contribution in [0.4, 0.5) is 0 Å². The summed E-state index contributed by atoms with van der Waals surface area (Å²) in [6, 6.07) is 23.5. The van der Waals surface area contributed by atoms with Crippen molar-refractivity contribution in [3.63, 3.8) is 0 Å². The van der Waals surface area contributed by atoms with E-state index in [1.54, 1.807) is 7.11 Å². The van der Waals surface area contributed by atoms with Crippen LogP contribution in [0, 0.1) is 0 Å². The molecule has 0 bridgehead atoms. The van der Waals surface area contributed by atoms with Crippen molar-refractivity contribution < 1.29 is 4.74 Å². The molecule has 124 valence electrons. The van der Waals surface area contributed by atoms with E-state index in [2.05, 4.69) is 59.9 Å². The largest absolute Gasteiger partial charge is 0.497 e. The molecule has 24 heavy (non-hydrogen) atoms. The molecule has 1 atom stereocenters. The monoisotopic (exact) mass is 320 g/mol. The van der Waals surface area contributed by atoms with Gasteiger partial charge in [-0.3, -0.25) is 0 Å². The minimum absolute atomic E-state index is 0.258. The van der Waals surface area contributed by atoms with Gasteiger partial charge in [0.25, 0.3) is 0 Å². The fourth-order valence-electron chi connectivity index (χ4n) is 2.89. The van der Waals surface area contributed by atoms with Gasteiger partial charge in [-0.1, -0.05) is 54.6 Å². The molecular weight excluding hydrogens is 296 g/mol. The standard InChI is InChI=1S/C21H24N2O/c1-24-21-10-7-16(8-11-21)15-23-20(14-22)13-17-6-9-18-4-2-3-5-19(18)12-17/h2-12,20,23H,13-15,22H2,1H3. The molecule has 3 rings (SSSR count). The molecule has 0 aliphatic rings. The lowest BCUT2D eigenvalue weighted by Crippen LogP contribution is -2.37. The summed E-state index contributed by atoms with van der Waals surface area (Å²) in [6.45, 7) is 1.42. The molecule has 0 aromatic heterocycles. The van der Waals surface area contributed by atoms with Gasteiger partial charge >= 0.3 is 0 Å². The van der Waals surface area contributed by atoms with Crippen LogP contribution in [0.5, 0.6) is 5.75 Å². The van der Waals surface area contributed by atoms with Gasteiger partial charge in [-0.15, -0.1) is 0 Å². The molecule has 3 aromatic carbocycles. The Morgan fingerprint density at radius 1 is 0.917 bits per heavy atom. The molecule has 0 aliphatic heterocycles. The lowest BCUT2D eigenvalue weighted by molar-refractivity contribution is 0.414. The maximum Gasteiger partial charge on any atom is 0.118 e. The van der Waals surface area contributed by atoms with Gasteiger partial charge in [-0.25, -0.2) is 0 Å². The van der Waals surface area contributed by atoms with Crippen LogP contribution in [-0.4, -0.2) is 19.7 Å². The second kappa shape index (κ2) is 7.95. The van der Waals surface area contributed by atoms with Gasteiger partial charge in [0.1, 0.15) is 5.75 Å². The molecule has 3 nitrogen and oxygen atoms in total. The highest BCUT2D eigenvalue weighted by Gasteiger charge is 2.08. The summed E-state index contributed by atoms with van der Waals surface area (Å²) in [5.41, 5.74) is 8.50. The van der Waals surface area contributed by atoms with Crippen molar-refractivity contribution in [2.45, 2.75) is 19.0 Å². The topological polar surface area (TPSA) is 47.3 Å². The van der Waals surface area contributed by atoms with Gasteiger partial charge < -0.3 is 15.8 Å². The Morgan fingerprint density at radius 2 is 1.62 bits per heavy atom. The first-order valence-electron chi connectivity index (χ1n) is 8.32. The van der Waals surface area contributed by atoms with Crippen molar-refractivity contribution in [1.29, 1.82) is 0 Å². The second-order valence-corrected chi connectivity index (χ2v) is 6.05. The molecule has 0 aliphatic carbocycles. The van der Waals surface area contributed by atoms with Crippen LogP contribution in [0.1, 0.15) is 11.1 Å². The Balaban J connectivity index is 1.62. The Bertz CT molecular complexity index is 783. The first-order valence-corrected chi connectivity index (χ1v) is 8.32. The Kier molecular flexibility index (Phi) is 5.47. The van der Waals surface area contributed by atoms with Gasteiger partial charge in [0.2, 0.25) is 0 Å². The first-order chi connectivity index (χ1) is 11.8. The van der Waals surface area contributed by atoms with Crippen molar-refractivity contribution in [3.8, 4) is 5.75 Å². The number of nitrogens with one attached hydrogen (secondary N) is 1. The lowest BCUT2D eigenvalue weighted by atomic mass is 10.0. The predicted octanol–water partition coefficient (Wildman–Crippen LogP) is 3.51. The van der Waals surface area contributed by atoms with Crippen molar-refractivity contribution in [2.24, 2.45) is 5.73 Å². The lowest BCUT2D eigenvalue weighted by Gasteiger charge is -2.17. The van der Waals surface area contributed by atoms with Gasteiger partial charge in [0.15, 0.2) is 0 Å². The third-order valence-corrected chi connectivity index (χ3v) is 4.33. The fraction of sp³-hybridized carbons (Fsp3) is 0.238. The van der Waals surface area contributed by atoms with Crippen LogP contribution in [0.25, 0.3) is 10.8 Å². The average molecular weight is 320 g/mol. The van der Waals surface area contributed by atoms with Gasteiger partial charge in [0, 0.05) is 19.1 Å². The zero-order valence-corrected chi connectivity index (χ0v) is 14.0. The quantitative estimate of drug-likeness (QED) is 0.700. The fourth-order valence-corrected chi connectivity index (χ4v) is 2.89. The number of rotatable bonds is 7. The molecule has 0 radical (unpaired) electrons. The number of nitrogens with two attached hydrogens (primary N) is 1. The van der Waals surface area contributed by atoms with Gasteiger partial charge in [-0.05, 0) is 40.5 Å². The van der Waals surface area contributed by atoms with Crippen LogP contribution in [-0.2, 0) is 13.0 Å². The Morgan fingerprint density at radius 3 is 2.33 bits per heavy atom. The highest BCUT2D eigenvalue weighted by atomic mass is 16.5. The number of hydrogen-bond acceptors (Lipinski definition) is 3. The molecule has 3 aromatic rings. The summed E-state index contributed by atoms with van der Waals surface area (Å²) in [5.74, 6) is 0.880. The summed E-state index contributed by atoms with van der Waals surface area (Å²) >= 11 is 0. The van der Waals surface area contributed by atoms with E-state index in [1.807, 2.05) is 12.1 Å². The molecule has 0 fully saturated rings. The van der Waals surface area contributed by atoms with E-state index in [1.165, 1.54) is 21.9 Å². The normalized spacial score (nSPS) is 12.2. The first kappa shape index (κ1) is 16.5. The van der Waals surface area contributed by atoms with Crippen molar-refractivity contribution in [1.82, 2.24) is 5.32 Å². The number of methoxy groups -OCH3 is 1. The maximum atomic E-state index is 5.96. The average Bonchev–Trinajstić information content (AvgIpc) is 2.65. The molecular formula is C21H24N2O. The summed E-state index contributed by atoms with van der Waals surface area (Å²) < 4.78 is 5.19. The minimum atomic E-state index is 0.258. The third kappa shape index (κ3) is 4.13. The van der Waals surface area contributed by atoms with E-state index in [4.69, 9.17) is 10.5 Å². The van der Waals surface area contributed by atoms with Crippen molar-refractivity contribution in [3.05, 3.63) is 77.9 Å². The number of benzene rings is 3. The summed E-state index contributed by atoms with van der Waals surface area (Å²) in [4.78, 5) is 0. The maximum absolute atomic E-state index is 5.96. The van der Waals surface area contributed by atoms with Gasteiger partial charge in [-0.2, -0.15) is 0 Å². The summed E-state index contributed by atoms with van der Waals surface area (Å²) in [7, 11) is 1.68. The minimum Gasteiger partial charge on any atom is -0.497 e. The molecule has 0 heterocycles. The Labute approximate surface area is 143 Å². The Hall–Kier alpha value is -2.36. The highest BCUT2D eigenvalue weighted by Crippen LogP contribution is 2.17. The van der Waals surface area contributed by atoms with Crippen LogP contribution < -0.4 is 15.8 Å². The summed E-state index contributed by atoms with van der Waals surface area (Å²) in [6.07, 6.45) is 0.928.